The van der Waals surface area contributed by atoms with Crippen LogP contribution in [0.3, 0.4) is 0 Å². The van der Waals surface area contributed by atoms with Gasteiger partial charge in [0, 0.05) is 18.5 Å². The van der Waals surface area contributed by atoms with Gasteiger partial charge in [0.05, 0.1) is 5.52 Å². The van der Waals surface area contributed by atoms with Crippen LogP contribution in [0.5, 0.6) is 0 Å². The summed E-state index contributed by atoms with van der Waals surface area (Å²) in [6.07, 6.45) is 2.24. The van der Waals surface area contributed by atoms with E-state index in [4.69, 9.17) is 0 Å². The molecule has 3 rings (SSSR count). The van der Waals surface area contributed by atoms with Crippen molar-refractivity contribution in [2.45, 2.75) is 25.8 Å². The normalized spacial score (nSPS) is 16.4. The van der Waals surface area contributed by atoms with Gasteiger partial charge in [-0.3, -0.25) is 4.79 Å². The summed E-state index contributed by atoms with van der Waals surface area (Å²) in [6.45, 7) is 3.67. The van der Waals surface area contributed by atoms with Crippen molar-refractivity contribution in [1.29, 1.82) is 0 Å². The second-order valence-electron chi connectivity index (χ2n) is 5.29. The molecule has 1 amide bonds. The molecule has 2 aromatic rings. The van der Waals surface area contributed by atoms with Crippen molar-refractivity contribution in [3.05, 3.63) is 36.4 Å². The van der Waals surface area contributed by atoms with Crippen molar-refractivity contribution < 1.29 is 4.79 Å². The van der Waals surface area contributed by atoms with Gasteiger partial charge in [-0.15, -0.1) is 0 Å². The molecule has 1 saturated heterocycles. The maximum absolute atomic E-state index is 12.2. The van der Waals surface area contributed by atoms with Crippen LogP contribution >= 0.6 is 0 Å². The first-order valence-electron chi connectivity index (χ1n) is 7.15. The Hall–Kier alpha value is -2.10. The molecule has 2 heterocycles. The first-order chi connectivity index (χ1) is 9.74. The number of likely N-dealkylation sites (tertiary alicyclic amines) is 1. The van der Waals surface area contributed by atoms with Crippen molar-refractivity contribution in [3.8, 4) is 0 Å². The minimum Gasteiger partial charge on any atom is -0.359 e. The molecule has 0 bridgehead atoms. The zero-order valence-corrected chi connectivity index (χ0v) is 11.7. The van der Waals surface area contributed by atoms with Crippen LogP contribution in [0.2, 0.25) is 0 Å². The number of benzene rings is 1. The fraction of sp³-hybridized carbons (Fsp3) is 0.375. The second-order valence-corrected chi connectivity index (χ2v) is 5.29. The lowest BCUT2D eigenvalue weighted by molar-refractivity contribution is -0.130. The minimum atomic E-state index is -0.234. The van der Waals surface area contributed by atoms with Gasteiger partial charge in [0.1, 0.15) is 11.9 Å². The van der Waals surface area contributed by atoms with E-state index in [2.05, 4.69) is 10.3 Å². The number of para-hydroxylation sites is 1. The number of pyridine rings is 1. The molecule has 20 heavy (non-hydrogen) atoms. The SMILES string of the molecule is CC(Nc1ccc2ccccc2n1)C(=O)N1CCCC1. The van der Waals surface area contributed by atoms with Gasteiger partial charge in [-0.05, 0) is 38.0 Å². The Labute approximate surface area is 118 Å². The highest BCUT2D eigenvalue weighted by molar-refractivity contribution is 5.85. The predicted octanol–water partition coefficient (Wildman–Crippen LogP) is 2.66. The van der Waals surface area contributed by atoms with Gasteiger partial charge in [0.2, 0.25) is 5.91 Å². The van der Waals surface area contributed by atoms with Crippen LogP contribution in [0.4, 0.5) is 5.82 Å². The Morgan fingerprint density at radius 2 is 1.95 bits per heavy atom. The van der Waals surface area contributed by atoms with Crippen molar-refractivity contribution >= 4 is 22.6 Å². The third-order valence-corrected chi connectivity index (χ3v) is 3.75. The molecule has 1 atom stereocenters. The molecule has 1 fully saturated rings. The highest BCUT2D eigenvalue weighted by Gasteiger charge is 2.23. The van der Waals surface area contributed by atoms with Crippen LogP contribution in [-0.4, -0.2) is 34.9 Å². The molecule has 0 aliphatic carbocycles. The quantitative estimate of drug-likeness (QED) is 0.931. The Balaban J connectivity index is 1.73. The summed E-state index contributed by atoms with van der Waals surface area (Å²) in [7, 11) is 0. The summed E-state index contributed by atoms with van der Waals surface area (Å²) in [4.78, 5) is 18.7. The van der Waals surface area contributed by atoms with Crippen LogP contribution in [0.15, 0.2) is 36.4 Å². The molecule has 1 aromatic carbocycles. The van der Waals surface area contributed by atoms with Crippen LogP contribution in [0.1, 0.15) is 19.8 Å². The van der Waals surface area contributed by atoms with Crippen LogP contribution in [0.25, 0.3) is 10.9 Å². The summed E-state index contributed by atoms with van der Waals surface area (Å²) in [6, 6.07) is 11.7. The van der Waals surface area contributed by atoms with E-state index >= 15 is 0 Å². The van der Waals surface area contributed by atoms with Crippen LogP contribution in [-0.2, 0) is 4.79 Å². The number of nitrogens with zero attached hydrogens (tertiary/aromatic N) is 2. The fourth-order valence-electron chi connectivity index (χ4n) is 2.64. The molecule has 0 spiro atoms. The van der Waals surface area contributed by atoms with E-state index in [9.17, 15) is 4.79 Å². The van der Waals surface area contributed by atoms with E-state index in [1.165, 1.54) is 0 Å². The van der Waals surface area contributed by atoms with Crippen molar-refractivity contribution in [2.75, 3.05) is 18.4 Å². The largest absolute Gasteiger partial charge is 0.359 e. The zero-order chi connectivity index (χ0) is 13.9. The lowest BCUT2D eigenvalue weighted by Crippen LogP contribution is -2.39. The average molecular weight is 269 g/mol. The van der Waals surface area contributed by atoms with Gasteiger partial charge < -0.3 is 10.2 Å². The Kier molecular flexibility index (Phi) is 3.54. The standard InChI is InChI=1S/C16H19N3O/c1-12(16(20)19-10-4-5-11-19)17-15-9-8-13-6-2-3-7-14(13)18-15/h2-3,6-9,12H,4-5,10-11H2,1H3,(H,17,18). The summed E-state index contributed by atoms with van der Waals surface area (Å²) in [5.41, 5.74) is 0.943. The van der Waals surface area contributed by atoms with Crippen molar-refractivity contribution in [2.24, 2.45) is 0 Å². The number of hydrogen-bond acceptors (Lipinski definition) is 3. The second kappa shape index (κ2) is 5.49. The van der Waals surface area contributed by atoms with E-state index in [1.807, 2.05) is 48.2 Å². The topological polar surface area (TPSA) is 45.2 Å². The number of anilines is 1. The lowest BCUT2D eigenvalue weighted by Gasteiger charge is -2.21. The minimum absolute atomic E-state index is 0.164. The maximum atomic E-state index is 12.2. The van der Waals surface area contributed by atoms with Crippen LogP contribution in [0, 0.1) is 0 Å². The monoisotopic (exact) mass is 269 g/mol. The van der Waals surface area contributed by atoms with Crippen molar-refractivity contribution in [3.63, 3.8) is 0 Å². The van der Waals surface area contributed by atoms with E-state index in [0.717, 1.165) is 42.7 Å². The molecule has 4 nitrogen and oxygen atoms in total. The first-order valence-corrected chi connectivity index (χ1v) is 7.15. The molecule has 0 saturated carbocycles. The average Bonchev–Trinajstić information content (AvgIpc) is 3.00. The number of aromatic nitrogens is 1. The summed E-state index contributed by atoms with van der Waals surface area (Å²) < 4.78 is 0. The number of nitrogens with one attached hydrogen (secondary N) is 1. The zero-order valence-electron chi connectivity index (χ0n) is 11.7. The van der Waals surface area contributed by atoms with E-state index in [0.29, 0.717) is 0 Å². The number of carbonyl (C=O) groups is 1. The first kappa shape index (κ1) is 12.9. The van der Waals surface area contributed by atoms with Crippen molar-refractivity contribution in [1.82, 2.24) is 9.88 Å². The van der Waals surface area contributed by atoms with Gasteiger partial charge in [0.25, 0.3) is 0 Å². The predicted molar refractivity (Wildman–Crippen MR) is 80.6 cm³/mol. The van der Waals surface area contributed by atoms with Gasteiger partial charge in [-0.2, -0.15) is 0 Å². The highest BCUT2D eigenvalue weighted by atomic mass is 16.2. The molecule has 1 aromatic heterocycles. The van der Waals surface area contributed by atoms with E-state index < -0.39 is 0 Å². The fourth-order valence-corrected chi connectivity index (χ4v) is 2.64. The number of carbonyl (C=O) groups excluding carboxylic acids is 1. The summed E-state index contributed by atoms with van der Waals surface area (Å²) >= 11 is 0. The third-order valence-electron chi connectivity index (χ3n) is 3.75. The molecule has 1 unspecified atom stereocenters. The molecular weight excluding hydrogens is 250 g/mol. The van der Waals surface area contributed by atoms with Gasteiger partial charge >= 0.3 is 0 Å². The summed E-state index contributed by atoms with van der Waals surface area (Å²) in [5, 5.41) is 4.32. The molecular formula is C16H19N3O. The van der Waals surface area contributed by atoms with E-state index in [1.54, 1.807) is 0 Å². The van der Waals surface area contributed by atoms with Gasteiger partial charge in [-0.25, -0.2) is 4.98 Å². The number of hydrogen-bond donors (Lipinski definition) is 1. The number of fused-ring (bicyclic) bond motifs is 1. The molecule has 1 aliphatic rings. The molecule has 104 valence electrons. The van der Waals surface area contributed by atoms with Gasteiger partial charge in [0.15, 0.2) is 0 Å². The summed E-state index contributed by atoms with van der Waals surface area (Å²) in [5.74, 6) is 0.918. The molecule has 0 radical (unpaired) electrons. The lowest BCUT2D eigenvalue weighted by atomic mass is 10.2. The number of amides is 1. The Bertz CT molecular complexity index is 620. The highest BCUT2D eigenvalue weighted by Crippen LogP contribution is 2.16. The van der Waals surface area contributed by atoms with E-state index in [-0.39, 0.29) is 11.9 Å². The Morgan fingerprint density at radius 1 is 1.20 bits per heavy atom. The van der Waals surface area contributed by atoms with Crippen LogP contribution < -0.4 is 5.32 Å². The van der Waals surface area contributed by atoms with Gasteiger partial charge in [-0.1, -0.05) is 18.2 Å². The third kappa shape index (κ3) is 2.59. The molecule has 1 aliphatic heterocycles. The Morgan fingerprint density at radius 3 is 2.75 bits per heavy atom. The molecule has 4 heteroatoms. The smallest absolute Gasteiger partial charge is 0.244 e. The molecule has 1 N–H and O–H groups in total. The maximum Gasteiger partial charge on any atom is 0.244 e. The number of rotatable bonds is 3.